The summed E-state index contributed by atoms with van der Waals surface area (Å²) >= 11 is 0. The predicted molar refractivity (Wildman–Crippen MR) is 87.5 cm³/mol. The van der Waals surface area contributed by atoms with Crippen LogP contribution in [0.2, 0.25) is 0 Å². The molecule has 1 atom stereocenters. The maximum atomic E-state index is 6.03. The van der Waals surface area contributed by atoms with E-state index in [-0.39, 0.29) is 6.10 Å². The Balaban J connectivity index is 2.01. The van der Waals surface area contributed by atoms with E-state index in [9.17, 15) is 0 Å². The second-order valence-corrected chi connectivity index (χ2v) is 5.03. The average Bonchev–Trinajstić information content (AvgIpc) is 2.51. The average molecular weight is 279 g/mol. The van der Waals surface area contributed by atoms with Crippen molar-refractivity contribution in [2.75, 3.05) is 13.1 Å². The zero-order chi connectivity index (χ0) is 14.9. The minimum atomic E-state index is 0.0790. The minimum absolute atomic E-state index is 0.0790. The topological polar surface area (TPSA) is 21.3 Å². The molecule has 0 heterocycles. The van der Waals surface area contributed by atoms with Crippen molar-refractivity contribution in [3.63, 3.8) is 0 Å². The van der Waals surface area contributed by atoms with Crippen molar-refractivity contribution in [1.82, 2.24) is 5.32 Å². The third-order valence-corrected chi connectivity index (χ3v) is 3.20. The van der Waals surface area contributed by atoms with E-state index in [1.807, 2.05) is 31.2 Å². The summed E-state index contributed by atoms with van der Waals surface area (Å²) in [6, 6.07) is 18.6. The highest BCUT2D eigenvalue weighted by Crippen LogP contribution is 2.22. The Kier molecular flexibility index (Phi) is 5.87. The molecule has 0 aliphatic rings. The van der Waals surface area contributed by atoms with Crippen LogP contribution in [0.4, 0.5) is 0 Å². The molecule has 0 saturated heterocycles. The molecule has 0 amide bonds. The van der Waals surface area contributed by atoms with Crippen LogP contribution in [0.15, 0.2) is 54.6 Å². The van der Waals surface area contributed by atoms with Gasteiger partial charge in [0, 0.05) is 13.0 Å². The molecule has 0 fully saturated rings. The Hall–Kier alpha value is -2.24. The third-order valence-electron chi connectivity index (χ3n) is 3.20. The van der Waals surface area contributed by atoms with Gasteiger partial charge in [-0.2, -0.15) is 0 Å². The zero-order valence-corrected chi connectivity index (χ0v) is 12.4. The molecule has 1 N–H and O–H groups in total. The Morgan fingerprint density at radius 1 is 1.10 bits per heavy atom. The molecule has 2 nitrogen and oxygen atoms in total. The van der Waals surface area contributed by atoms with Crippen LogP contribution in [0, 0.1) is 12.3 Å². The number of hydrogen-bond donors (Lipinski definition) is 1. The fourth-order valence-electron chi connectivity index (χ4n) is 2.19. The summed E-state index contributed by atoms with van der Waals surface area (Å²) in [4.78, 5) is 0. The van der Waals surface area contributed by atoms with E-state index in [2.05, 4.69) is 41.6 Å². The van der Waals surface area contributed by atoms with Gasteiger partial charge < -0.3 is 10.1 Å². The number of hydrogen-bond acceptors (Lipinski definition) is 2. The van der Waals surface area contributed by atoms with E-state index in [1.165, 1.54) is 11.1 Å². The highest BCUT2D eigenvalue weighted by molar-refractivity contribution is 5.37. The highest BCUT2D eigenvalue weighted by atomic mass is 16.5. The van der Waals surface area contributed by atoms with Gasteiger partial charge in [-0.1, -0.05) is 54.5 Å². The Labute approximate surface area is 127 Å². The molecule has 2 aromatic carbocycles. The lowest BCUT2D eigenvalue weighted by molar-refractivity contribution is 0.217. The molecule has 0 aliphatic heterocycles. The van der Waals surface area contributed by atoms with Crippen molar-refractivity contribution in [2.24, 2.45) is 0 Å². The van der Waals surface area contributed by atoms with Gasteiger partial charge in [0.2, 0.25) is 0 Å². The van der Waals surface area contributed by atoms with Gasteiger partial charge in [0.25, 0.3) is 0 Å². The molecule has 0 bridgehead atoms. The number of terminal acetylenes is 1. The summed E-state index contributed by atoms with van der Waals surface area (Å²) in [7, 11) is 0. The van der Waals surface area contributed by atoms with Crippen molar-refractivity contribution in [3.05, 3.63) is 65.7 Å². The molecule has 108 valence electrons. The first-order valence-corrected chi connectivity index (χ1v) is 7.22. The van der Waals surface area contributed by atoms with Crippen LogP contribution < -0.4 is 10.1 Å². The molecule has 0 aromatic heterocycles. The molecule has 2 rings (SSSR count). The second kappa shape index (κ2) is 8.14. The summed E-state index contributed by atoms with van der Waals surface area (Å²) in [5.74, 6) is 3.51. The van der Waals surface area contributed by atoms with Gasteiger partial charge in [0.1, 0.15) is 11.9 Å². The van der Waals surface area contributed by atoms with Crippen LogP contribution >= 0.6 is 0 Å². The maximum absolute atomic E-state index is 6.03. The lowest BCUT2D eigenvalue weighted by Crippen LogP contribution is -2.29. The van der Waals surface area contributed by atoms with Crippen molar-refractivity contribution in [1.29, 1.82) is 0 Å². The molecule has 21 heavy (non-hydrogen) atoms. The molecule has 0 spiro atoms. The summed E-state index contributed by atoms with van der Waals surface area (Å²) < 4.78 is 6.03. The summed E-state index contributed by atoms with van der Waals surface area (Å²) in [6.07, 6.45) is 6.18. The first kappa shape index (κ1) is 15.2. The molecule has 2 aromatic rings. The summed E-state index contributed by atoms with van der Waals surface area (Å²) in [5.41, 5.74) is 2.49. The molecule has 2 heteroatoms. The summed E-state index contributed by atoms with van der Waals surface area (Å²) in [5, 5.41) is 3.16. The first-order chi connectivity index (χ1) is 10.3. The molecular formula is C19H21NO. The van der Waals surface area contributed by atoms with Gasteiger partial charge >= 0.3 is 0 Å². The zero-order valence-electron chi connectivity index (χ0n) is 12.4. The normalized spacial score (nSPS) is 11.6. The number of nitrogens with one attached hydrogen (secondary N) is 1. The Bertz CT molecular complexity index is 586. The van der Waals surface area contributed by atoms with Gasteiger partial charge in [-0.05, 0) is 24.1 Å². The fraction of sp³-hybridized carbons (Fsp3) is 0.263. The monoisotopic (exact) mass is 279 g/mol. The lowest BCUT2D eigenvalue weighted by atomic mass is 10.0. The molecule has 0 saturated carbocycles. The van der Waals surface area contributed by atoms with Crippen molar-refractivity contribution >= 4 is 0 Å². The number of ether oxygens (including phenoxy) is 1. The van der Waals surface area contributed by atoms with E-state index >= 15 is 0 Å². The number of rotatable bonds is 7. The second-order valence-electron chi connectivity index (χ2n) is 5.03. The highest BCUT2D eigenvalue weighted by Gasteiger charge is 2.08. The SMILES string of the molecule is C#CCNCC(C)Oc1ccccc1Cc1ccccc1. The van der Waals surface area contributed by atoms with Gasteiger partial charge in [-0.3, -0.25) is 0 Å². The van der Waals surface area contributed by atoms with Gasteiger partial charge in [0.05, 0.1) is 6.54 Å². The van der Waals surface area contributed by atoms with Crippen LogP contribution in [0.1, 0.15) is 18.1 Å². The Morgan fingerprint density at radius 2 is 1.81 bits per heavy atom. The van der Waals surface area contributed by atoms with Crippen molar-refractivity contribution in [2.45, 2.75) is 19.4 Å². The van der Waals surface area contributed by atoms with Crippen LogP contribution in [0.25, 0.3) is 0 Å². The number of benzene rings is 2. The van der Waals surface area contributed by atoms with E-state index in [1.54, 1.807) is 0 Å². The van der Waals surface area contributed by atoms with Crippen LogP contribution in [-0.2, 0) is 6.42 Å². The van der Waals surface area contributed by atoms with E-state index < -0.39 is 0 Å². The summed E-state index contributed by atoms with van der Waals surface area (Å²) in [6.45, 7) is 3.35. The van der Waals surface area contributed by atoms with E-state index in [0.717, 1.165) is 18.7 Å². The molecule has 0 radical (unpaired) electrons. The first-order valence-electron chi connectivity index (χ1n) is 7.22. The largest absolute Gasteiger partial charge is 0.489 e. The smallest absolute Gasteiger partial charge is 0.123 e. The van der Waals surface area contributed by atoms with Crippen LogP contribution in [-0.4, -0.2) is 19.2 Å². The predicted octanol–water partition coefficient (Wildman–Crippen LogP) is 3.27. The van der Waals surface area contributed by atoms with Gasteiger partial charge in [-0.15, -0.1) is 6.42 Å². The molecule has 0 aliphatic carbocycles. The quantitative estimate of drug-likeness (QED) is 0.620. The van der Waals surface area contributed by atoms with Gasteiger partial charge in [-0.25, -0.2) is 0 Å². The molecule has 1 unspecified atom stereocenters. The Morgan fingerprint density at radius 3 is 2.57 bits per heavy atom. The van der Waals surface area contributed by atoms with Crippen molar-refractivity contribution < 1.29 is 4.74 Å². The van der Waals surface area contributed by atoms with Gasteiger partial charge in [0.15, 0.2) is 0 Å². The van der Waals surface area contributed by atoms with Crippen molar-refractivity contribution in [3.8, 4) is 18.1 Å². The lowest BCUT2D eigenvalue weighted by Gasteiger charge is -2.17. The van der Waals surface area contributed by atoms with Crippen LogP contribution in [0.5, 0.6) is 5.75 Å². The van der Waals surface area contributed by atoms with E-state index in [4.69, 9.17) is 11.2 Å². The third kappa shape index (κ3) is 4.98. The number of para-hydroxylation sites is 1. The standard InChI is InChI=1S/C19H21NO/c1-3-13-20-15-16(2)21-19-12-8-7-11-18(19)14-17-9-5-4-6-10-17/h1,4-12,16,20H,13-15H2,2H3. The minimum Gasteiger partial charge on any atom is -0.489 e. The van der Waals surface area contributed by atoms with E-state index in [0.29, 0.717) is 6.54 Å². The van der Waals surface area contributed by atoms with Crippen LogP contribution in [0.3, 0.4) is 0 Å². The maximum Gasteiger partial charge on any atom is 0.123 e. The fourth-order valence-corrected chi connectivity index (χ4v) is 2.19. The molecular weight excluding hydrogens is 258 g/mol.